The summed E-state index contributed by atoms with van der Waals surface area (Å²) in [5.41, 5.74) is 1.19. The number of hydrogen-bond acceptors (Lipinski definition) is 1. The Balaban J connectivity index is 2.76. The zero-order valence-corrected chi connectivity index (χ0v) is 5.50. The molecule has 1 aromatic rings. The molecule has 1 heterocycles. The molecule has 0 aliphatic rings. The van der Waals surface area contributed by atoms with Gasteiger partial charge in [0, 0.05) is 5.92 Å². The van der Waals surface area contributed by atoms with Crippen molar-refractivity contribution in [3.8, 4) is 0 Å². The van der Waals surface area contributed by atoms with E-state index in [1.807, 2.05) is 12.1 Å². The fraction of sp³-hybridized carbons (Fsp3) is 0.250. The van der Waals surface area contributed by atoms with Gasteiger partial charge in [0.2, 0.25) is 0 Å². The summed E-state index contributed by atoms with van der Waals surface area (Å²) >= 11 is 0. The molecule has 0 saturated heterocycles. The van der Waals surface area contributed by atoms with Crippen molar-refractivity contribution in [1.82, 2.24) is 0 Å². The first kappa shape index (κ1) is 6.14. The van der Waals surface area contributed by atoms with E-state index in [1.54, 1.807) is 12.5 Å². The van der Waals surface area contributed by atoms with Gasteiger partial charge in [-0.25, -0.2) is 0 Å². The Bertz CT molecular complexity index is 174. The van der Waals surface area contributed by atoms with E-state index in [4.69, 9.17) is 4.42 Å². The van der Waals surface area contributed by atoms with Crippen molar-refractivity contribution in [2.45, 2.75) is 12.8 Å². The molecule has 0 amide bonds. The van der Waals surface area contributed by atoms with Gasteiger partial charge in [-0.2, -0.15) is 0 Å². The molecule has 0 saturated carbocycles. The molecule has 1 heteroatoms. The van der Waals surface area contributed by atoms with Gasteiger partial charge in [0.15, 0.2) is 0 Å². The molecule has 1 rings (SSSR count). The minimum absolute atomic E-state index is 0.406. The Morgan fingerprint density at radius 2 is 2.56 bits per heavy atom. The number of allylic oxidation sites excluding steroid dienone is 1. The van der Waals surface area contributed by atoms with E-state index in [2.05, 4.69) is 13.5 Å². The average Bonchev–Trinajstić information content (AvgIpc) is 2.37. The van der Waals surface area contributed by atoms with E-state index in [1.165, 1.54) is 5.56 Å². The normalized spacial score (nSPS) is 13.0. The van der Waals surface area contributed by atoms with Gasteiger partial charge in [-0.3, -0.25) is 0 Å². The second kappa shape index (κ2) is 2.53. The van der Waals surface area contributed by atoms with Crippen LogP contribution in [0.5, 0.6) is 0 Å². The smallest absolute Gasteiger partial charge is 0.0940 e. The molecule has 0 fully saturated rings. The third-order valence-electron chi connectivity index (χ3n) is 1.42. The molecular weight excluding hydrogens is 112 g/mol. The molecule has 1 atom stereocenters. The van der Waals surface area contributed by atoms with Gasteiger partial charge < -0.3 is 4.42 Å². The molecule has 1 nitrogen and oxygen atoms in total. The van der Waals surface area contributed by atoms with Crippen molar-refractivity contribution in [2.24, 2.45) is 0 Å². The van der Waals surface area contributed by atoms with Crippen molar-refractivity contribution in [1.29, 1.82) is 0 Å². The molecule has 9 heavy (non-hydrogen) atoms. The van der Waals surface area contributed by atoms with Crippen molar-refractivity contribution in [3.63, 3.8) is 0 Å². The fourth-order valence-corrected chi connectivity index (χ4v) is 0.670. The second-order valence-electron chi connectivity index (χ2n) is 2.08. The predicted molar refractivity (Wildman–Crippen MR) is 37.3 cm³/mol. The van der Waals surface area contributed by atoms with Gasteiger partial charge in [0.1, 0.15) is 0 Å². The second-order valence-corrected chi connectivity index (χ2v) is 2.08. The largest absolute Gasteiger partial charge is 0.472 e. The Kier molecular flexibility index (Phi) is 1.73. The van der Waals surface area contributed by atoms with E-state index >= 15 is 0 Å². The van der Waals surface area contributed by atoms with E-state index in [-0.39, 0.29) is 0 Å². The lowest BCUT2D eigenvalue weighted by atomic mass is 10.1. The number of rotatable bonds is 2. The summed E-state index contributed by atoms with van der Waals surface area (Å²) in [6.45, 7) is 5.76. The number of furan rings is 1. The third-order valence-corrected chi connectivity index (χ3v) is 1.42. The van der Waals surface area contributed by atoms with Crippen LogP contribution in [-0.4, -0.2) is 0 Å². The molecule has 0 spiro atoms. The summed E-state index contributed by atoms with van der Waals surface area (Å²) < 4.78 is 4.89. The Labute approximate surface area is 55.0 Å². The molecule has 1 aromatic heterocycles. The summed E-state index contributed by atoms with van der Waals surface area (Å²) in [7, 11) is 0. The standard InChI is InChI=1S/C8H10O/c1-3-7(2)8-4-5-9-6-8/h3-7H,1H2,2H3/t7-/m1/s1. The first-order valence-corrected chi connectivity index (χ1v) is 2.99. The SMILES string of the molecule is C=C[C@@H](C)c1ccoc1. The van der Waals surface area contributed by atoms with Gasteiger partial charge in [-0.05, 0) is 11.6 Å². The molecule has 0 aromatic carbocycles. The first-order chi connectivity index (χ1) is 4.34. The van der Waals surface area contributed by atoms with Gasteiger partial charge >= 0.3 is 0 Å². The monoisotopic (exact) mass is 122 g/mol. The van der Waals surface area contributed by atoms with Crippen LogP contribution >= 0.6 is 0 Å². The molecule has 0 bridgehead atoms. The maximum atomic E-state index is 4.89. The Hall–Kier alpha value is -0.980. The van der Waals surface area contributed by atoms with Crippen molar-refractivity contribution >= 4 is 0 Å². The van der Waals surface area contributed by atoms with Crippen LogP contribution in [0.15, 0.2) is 35.7 Å². The van der Waals surface area contributed by atoms with Crippen LogP contribution in [-0.2, 0) is 0 Å². The van der Waals surface area contributed by atoms with Crippen molar-refractivity contribution < 1.29 is 4.42 Å². The maximum absolute atomic E-state index is 4.89. The van der Waals surface area contributed by atoms with E-state index < -0.39 is 0 Å². The summed E-state index contributed by atoms with van der Waals surface area (Å²) in [5, 5.41) is 0. The van der Waals surface area contributed by atoms with Gasteiger partial charge in [-0.1, -0.05) is 13.0 Å². The highest BCUT2D eigenvalue weighted by Crippen LogP contribution is 2.14. The summed E-state index contributed by atoms with van der Waals surface area (Å²) in [4.78, 5) is 0. The summed E-state index contributed by atoms with van der Waals surface area (Å²) in [6.07, 6.45) is 5.31. The van der Waals surface area contributed by atoms with E-state index in [0.29, 0.717) is 5.92 Å². The Morgan fingerprint density at radius 1 is 1.78 bits per heavy atom. The van der Waals surface area contributed by atoms with Crippen LogP contribution in [0, 0.1) is 0 Å². The molecule has 48 valence electrons. The zero-order valence-electron chi connectivity index (χ0n) is 5.50. The van der Waals surface area contributed by atoms with Crippen LogP contribution in [0.2, 0.25) is 0 Å². The molecule has 0 aliphatic carbocycles. The third kappa shape index (κ3) is 1.22. The molecule has 0 N–H and O–H groups in total. The lowest BCUT2D eigenvalue weighted by Crippen LogP contribution is -1.82. The Morgan fingerprint density at radius 3 is 3.00 bits per heavy atom. The predicted octanol–water partition coefficient (Wildman–Crippen LogP) is 2.57. The van der Waals surface area contributed by atoms with Gasteiger partial charge in [-0.15, -0.1) is 6.58 Å². The summed E-state index contributed by atoms with van der Waals surface area (Å²) in [5.74, 6) is 0.406. The first-order valence-electron chi connectivity index (χ1n) is 2.99. The quantitative estimate of drug-likeness (QED) is 0.549. The molecule has 0 aliphatic heterocycles. The minimum Gasteiger partial charge on any atom is -0.472 e. The highest BCUT2D eigenvalue weighted by atomic mass is 16.3. The van der Waals surface area contributed by atoms with Crippen LogP contribution in [0.25, 0.3) is 0 Å². The molecule has 0 radical (unpaired) electrons. The van der Waals surface area contributed by atoms with Crippen LogP contribution in [0.4, 0.5) is 0 Å². The van der Waals surface area contributed by atoms with Gasteiger partial charge in [0.05, 0.1) is 12.5 Å². The lowest BCUT2D eigenvalue weighted by Gasteiger charge is -1.97. The molecular formula is C8H10O. The lowest BCUT2D eigenvalue weighted by molar-refractivity contribution is 0.563. The van der Waals surface area contributed by atoms with Crippen LogP contribution < -0.4 is 0 Å². The fourth-order valence-electron chi connectivity index (χ4n) is 0.670. The van der Waals surface area contributed by atoms with Crippen molar-refractivity contribution in [3.05, 3.63) is 36.8 Å². The van der Waals surface area contributed by atoms with Crippen LogP contribution in [0.1, 0.15) is 18.4 Å². The maximum Gasteiger partial charge on any atom is 0.0940 e. The summed E-state index contributed by atoms with van der Waals surface area (Å²) in [6, 6.07) is 1.95. The molecule has 0 unspecified atom stereocenters. The average molecular weight is 122 g/mol. The van der Waals surface area contributed by atoms with Crippen molar-refractivity contribution in [2.75, 3.05) is 0 Å². The highest BCUT2D eigenvalue weighted by molar-refractivity contribution is 5.15. The highest BCUT2D eigenvalue weighted by Gasteiger charge is 1.99. The van der Waals surface area contributed by atoms with Crippen LogP contribution in [0.3, 0.4) is 0 Å². The minimum atomic E-state index is 0.406. The van der Waals surface area contributed by atoms with E-state index in [0.717, 1.165) is 0 Å². The zero-order chi connectivity index (χ0) is 6.69. The van der Waals surface area contributed by atoms with E-state index in [9.17, 15) is 0 Å². The number of hydrogen-bond donors (Lipinski definition) is 0. The van der Waals surface area contributed by atoms with Gasteiger partial charge in [0.25, 0.3) is 0 Å². The topological polar surface area (TPSA) is 13.1 Å².